The van der Waals surface area contributed by atoms with Gasteiger partial charge in [-0.05, 0) is 23.8 Å². The zero-order chi connectivity index (χ0) is 15.1. The molecule has 2 rings (SSSR count). The molecule has 0 heterocycles. The maximum Gasteiger partial charge on any atom is 0.336 e. The Labute approximate surface area is 123 Å². The Hall–Kier alpha value is -2.80. The normalized spacial score (nSPS) is 9.86. The number of carbonyl (C=O) groups is 1. The van der Waals surface area contributed by atoms with Crippen molar-refractivity contribution < 1.29 is 9.90 Å². The number of hydrogen-bond acceptors (Lipinski definition) is 3. The van der Waals surface area contributed by atoms with E-state index in [-0.39, 0.29) is 0 Å². The van der Waals surface area contributed by atoms with Crippen LogP contribution in [0.1, 0.15) is 22.3 Å². The second-order valence-corrected chi connectivity index (χ2v) is 4.63. The molecule has 0 saturated carbocycles. The minimum absolute atomic E-state index is 0.301. The number of nitriles is 1. The number of carboxylic acids is 1. The van der Waals surface area contributed by atoms with Gasteiger partial charge in [-0.15, -0.1) is 0 Å². The molecule has 21 heavy (non-hydrogen) atoms. The van der Waals surface area contributed by atoms with Crippen molar-refractivity contribution in [3.8, 4) is 6.07 Å². The Morgan fingerprint density at radius 1 is 1.10 bits per heavy atom. The first-order chi connectivity index (χ1) is 10.2. The Morgan fingerprint density at radius 2 is 1.76 bits per heavy atom. The molecule has 0 unspecified atom stereocenters. The fourth-order valence-electron chi connectivity index (χ4n) is 2.20. The number of anilines is 1. The Morgan fingerprint density at radius 3 is 2.43 bits per heavy atom. The molecule has 0 atom stereocenters. The van der Waals surface area contributed by atoms with Gasteiger partial charge in [0.2, 0.25) is 0 Å². The molecule has 0 aliphatic heterocycles. The van der Waals surface area contributed by atoms with Crippen molar-refractivity contribution in [1.82, 2.24) is 0 Å². The highest BCUT2D eigenvalue weighted by Crippen LogP contribution is 2.19. The summed E-state index contributed by atoms with van der Waals surface area (Å²) in [6.45, 7) is 1.03. The van der Waals surface area contributed by atoms with E-state index in [0.29, 0.717) is 25.1 Å². The molecule has 106 valence electrons. The molecule has 0 fully saturated rings. The third-order valence-corrected chi connectivity index (χ3v) is 3.22. The van der Waals surface area contributed by atoms with Crippen molar-refractivity contribution in [2.24, 2.45) is 0 Å². The first-order valence-electron chi connectivity index (χ1n) is 6.70. The minimum Gasteiger partial charge on any atom is -0.478 e. The predicted molar refractivity (Wildman–Crippen MR) is 81.1 cm³/mol. The van der Waals surface area contributed by atoms with Crippen LogP contribution in [-0.4, -0.2) is 17.6 Å². The van der Waals surface area contributed by atoms with Gasteiger partial charge in [0.1, 0.15) is 0 Å². The zero-order valence-electron chi connectivity index (χ0n) is 11.6. The van der Waals surface area contributed by atoms with Crippen LogP contribution in [0.2, 0.25) is 0 Å². The molecule has 2 aromatic rings. The summed E-state index contributed by atoms with van der Waals surface area (Å²) in [5, 5.41) is 18.1. The quantitative estimate of drug-likeness (QED) is 0.881. The molecule has 0 radical (unpaired) electrons. The number of carboxylic acid groups (broad SMARTS) is 1. The lowest BCUT2D eigenvalue weighted by Crippen LogP contribution is -2.24. The number of aromatic carboxylic acids is 1. The Kier molecular flexibility index (Phi) is 4.94. The molecule has 2 aromatic carbocycles. The van der Waals surface area contributed by atoms with Gasteiger partial charge in [-0.1, -0.05) is 36.4 Å². The maximum atomic E-state index is 11.3. The van der Waals surface area contributed by atoms with Gasteiger partial charge in [-0.3, -0.25) is 0 Å². The van der Waals surface area contributed by atoms with Gasteiger partial charge in [0.15, 0.2) is 0 Å². The molecule has 1 N–H and O–H groups in total. The summed E-state index contributed by atoms with van der Waals surface area (Å²) in [6.07, 6.45) is 0.393. The van der Waals surface area contributed by atoms with Crippen LogP contribution in [0.5, 0.6) is 0 Å². The van der Waals surface area contributed by atoms with E-state index in [1.54, 1.807) is 12.1 Å². The lowest BCUT2D eigenvalue weighted by molar-refractivity contribution is 0.0695. The van der Waals surface area contributed by atoms with Crippen LogP contribution < -0.4 is 4.90 Å². The lowest BCUT2D eigenvalue weighted by atomic mass is 10.1. The Bertz CT molecular complexity index is 647. The van der Waals surface area contributed by atoms with Gasteiger partial charge in [0, 0.05) is 18.8 Å². The topological polar surface area (TPSA) is 64.3 Å². The van der Waals surface area contributed by atoms with Gasteiger partial charge >= 0.3 is 5.97 Å². The summed E-state index contributed by atoms with van der Waals surface area (Å²) in [6, 6.07) is 18.8. The van der Waals surface area contributed by atoms with E-state index in [1.807, 2.05) is 47.4 Å². The van der Waals surface area contributed by atoms with Crippen molar-refractivity contribution in [3.05, 3.63) is 65.7 Å². The van der Waals surface area contributed by atoms with Crippen LogP contribution in [0.3, 0.4) is 0 Å². The van der Waals surface area contributed by atoms with E-state index in [4.69, 9.17) is 5.26 Å². The van der Waals surface area contributed by atoms with Gasteiger partial charge < -0.3 is 10.0 Å². The average molecular weight is 280 g/mol. The number of nitrogens with zero attached hydrogens (tertiary/aromatic N) is 2. The molecule has 0 amide bonds. The maximum absolute atomic E-state index is 11.3. The molecular weight excluding hydrogens is 264 g/mol. The number of para-hydroxylation sites is 1. The van der Waals surface area contributed by atoms with Crippen LogP contribution >= 0.6 is 0 Å². The molecule has 0 spiro atoms. The summed E-state index contributed by atoms with van der Waals surface area (Å²) in [5.41, 5.74) is 2.02. The second-order valence-electron chi connectivity index (χ2n) is 4.63. The zero-order valence-corrected chi connectivity index (χ0v) is 11.6. The van der Waals surface area contributed by atoms with E-state index in [2.05, 4.69) is 6.07 Å². The lowest BCUT2D eigenvalue weighted by Gasteiger charge is -2.24. The minimum atomic E-state index is -0.932. The predicted octanol–water partition coefficient (Wildman–Crippen LogP) is 3.31. The van der Waals surface area contributed by atoms with Crippen molar-refractivity contribution in [3.63, 3.8) is 0 Å². The number of hydrogen-bond donors (Lipinski definition) is 1. The molecule has 0 aromatic heterocycles. The van der Waals surface area contributed by atoms with Crippen molar-refractivity contribution in [2.45, 2.75) is 13.0 Å². The van der Waals surface area contributed by atoms with Crippen LogP contribution in [-0.2, 0) is 6.54 Å². The number of rotatable bonds is 6. The largest absolute Gasteiger partial charge is 0.478 e. The molecule has 4 nitrogen and oxygen atoms in total. The summed E-state index contributed by atoms with van der Waals surface area (Å²) in [5.74, 6) is -0.932. The van der Waals surface area contributed by atoms with Crippen LogP contribution in [0.15, 0.2) is 54.6 Å². The van der Waals surface area contributed by atoms with Gasteiger partial charge in [-0.2, -0.15) is 5.26 Å². The van der Waals surface area contributed by atoms with Crippen LogP contribution in [0.4, 0.5) is 5.69 Å². The van der Waals surface area contributed by atoms with Crippen molar-refractivity contribution >= 4 is 11.7 Å². The fourth-order valence-corrected chi connectivity index (χ4v) is 2.20. The van der Waals surface area contributed by atoms with E-state index in [0.717, 1.165) is 11.3 Å². The third kappa shape index (κ3) is 3.83. The third-order valence-electron chi connectivity index (χ3n) is 3.22. The van der Waals surface area contributed by atoms with E-state index in [9.17, 15) is 9.90 Å². The van der Waals surface area contributed by atoms with E-state index in [1.165, 1.54) is 0 Å². The number of benzene rings is 2. The monoisotopic (exact) mass is 280 g/mol. The molecule has 4 heteroatoms. The highest BCUT2D eigenvalue weighted by Gasteiger charge is 2.13. The summed E-state index contributed by atoms with van der Waals surface area (Å²) >= 11 is 0. The molecule has 0 aliphatic rings. The first-order valence-corrected chi connectivity index (χ1v) is 6.70. The van der Waals surface area contributed by atoms with E-state index >= 15 is 0 Å². The fraction of sp³-hybridized carbons (Fsp3) is 0.176. The SMILES string of the molecule is N#CCCN(Cc1ccccc1C(=O)O)c1ccccc1. The van der Waals surface area contributed by atoms with Crippen LogP contribution in [0, 0.1) is 11.3 Å². The van der Waals surface area contributed by atoms with Crippen molar-refractivity contribution in [1.29, 1.82) is 5.26 Å². The summed E-state index contributed by atoms with van der Waals surface area (Å²) in [4.78, 5) is 13.3. The van der Waals surface area contributed by atoms with Crippen LogP contribution in [0.25, 0.3) is 0 Å². The standard InChI is InChI=1S/C17H16N2O2/c18-11-6-12-19(15-8-2-1-3-9-15)13-14-7-4-5-10-16(14)17(20)21/h1-5,7-10H,6,12-13H2,(H,20,21). The second kappa shape index (κ2) is 7.11. The summed E-state index contributed by atoms with van der Waals surface area (Å²) < 4.78 is 0. The van der Waals surface area contributed by atoms with Gasteiger partial charge in [0.25, 0.3) is 0 Å². The molecule has 0 bridgehead atoms. The molecule has 0 saturated heterocycles. The van der Waals surface area contributed by atoms with Gasteiger partial charge in [-0.25, -0.2) is 4.79 Å². The van der Waals surface area contributed by atoms with Gasteiger partial charge in [0.05, 0.1) is 18.1 Å². The Balaban J connectivity index is 2.28. The highest BCUT2D eigenvalue weighted by atomic mass is 16.4. The van der Waals surface area contributed by atoms with Crippen molar-refractivity contribution in [2.75, 3.05) is 11.4 Å². The smallest absolute Gasteiger partial charge is 0.336 e. The highest BCUT2D eigenvalue weighted by molar-refractivity contribution is 5.89. The molecule has 0 aliphatic carbocycles. The molecular formula is C17H16N2O2. The first kappa shape index (κ1) is 14.6. The van der Waals surface area contributed by atoms with E-state index < -0.39 is 5.97 Å². The summed E-state index contributed by atoms with van der Waals surface area (Å²) in [7, 11) is 0. The average Bonchev–Trinajstić information content (AvgIpc) is 2.52.